The van der Waals surface area contributed by atoms with Gasteiger partial charge >= 0.3 is 0 Å². The van der Waals surface area contributed by atoms with Crippen LogP contribution in [-0.4, -0.2) is 56.7 Å². The molecule has 8 nitrogen and oxygen atoms in total. The predicted molar refractivity (Wildman–Crippen MR) is 92.4 cm³/mol. The molecule has 0 spiro atoms. The first kappa shape index (κ1) is 15.8. The van der Waals surface area contributed by atoms with E-state index in [9.17, 15) is 4.79 Å². The van der Waals surface area contributed by atoms with Crippen LogP contribution < -0.4 is 5.73 Å². The van der Waals surface area contributed by atoms with Crippen molar-refractivity contribution in [1.82, 2.24) is 24.5 Å². The number of nitrogen functional groups attached to an aromatic ring is 1. The summed E-state index contributed by atoms with van der Waals surface area (Å²) in [5.41, 5.74) is 7.56. The minimum absolute atomic E-state index is 0.187. The van der Waals surface area contributed by atoms with Crippen molar-refractivity contribution in [3.05, 3.63) is 41.3 Å². The number of fused-ring (bicyclic) bond motifs is 1. The zero-order chi connectivity index (χ0) is 17.4. The lowest BCUT2D eigenvalue weighted by Crippen LogP contribution is -2.41. The molecule has 0 saturated carbocycles. The van der Waals surface area contributed by atoms with Gasteiger partial charge in [-0.05, 0) is 12.1 Å². The van der Waals surface area contributed by atoms with Crippen molar-refractivity contribution in [3.8, 4) is 11.4 Å². The Balaban J connectivity index is 1.76. The number of rotatable bonds is 2. The van der Waals surface area contributed by atoms with Crippen LogP contribution in [0.2, 0.25) is 5.02 Å². The molecule has 3 aromatic rings. The van der Waals surface area contributed by atoms with Crippen LogP contribution in [0.5, 0.6) is 0 Å². The summed E-state index contributed by atoms with van der Waals surface area (Å²) in [6.45, 7) is 2.10. The molecule has 4 heterocycles. The van der Waals surface area contributed by atoms with Crippen molar-refractivity contribution in [2.24, 2.45) is 0 Å². The molecule has 1 aliphatic heterocycles. The van der Waals surface area contributed by atoms with Gasteiger partial charge in [0.1, 0.15) is 11.5 Å². The number of amides is 1. The van der Waals surface area contributed by atoms with E-state index in [0.29, 0.717) is 42.7 Å². The number of morpholine rings is 1. The molecule has 0 atom stereocenters. The Morgan fingerprint density at radius 2 is 2.04 bits per heavy atom. The molecule has 1 fully saturated rings. The minimum atomic E-state index is -0.187. The number of carbonyl (C=O) groups is 1. The third-order valence-electron chi connectivity index (χ3n) is 3.99. The second kappa shape index (κ2) is 6.30. The van der Waals surface area contributed by atoms with E-state index < -0.39 is 0 Å². The summed E-state index contributed by atoms with van der Waals surface area (Å²) in [6.07, 6.45) is 3.37. The van der Waals surface area contributed by atoms with Crippen LogP contribution in [-0.2, 0) is 4.74 Å². The normalized spacial score (nSPS) is 14.8. The van der Waals surface area contributed by atoms with Gasteiger partial charge in [0.25, 0.3) is 5.91 Å². The van der Waals surface area contributed by atoms with Gasteiger partial charge in [-0.3, -0.25) is 4.79 Å². The van der Waals surface area contributed by atoms with Crippen molar-refractivity contribution in [1.29, 1.82) is 0 Å². The highest BCUT2D eigenvalue weighted by Crippen LogP contribution is 2.25. The maximum absolute atomic E-state index is 12.7. The van der Waals surface area contributed by atoms with Crippen LogP contribution in [0.3, 0.4) is 0 Å². The van der Waals surface area contributed by atoms with Gasteiger partial charge in [0.05, 0.1) is 30.5 Å². The Morgan fingerprint density at radius 1 is 1.24 bits per heavy atom. The zero-order valence-corrected chi connectivity index (χ0v) is 14.0. The quantitative estimate of drug-likeness (QED) is 0.745. The third kappa shape index (κ3) is 3.01. The Bertz CT molecular complexity index is 951. The first-order valence-electron chi connectivity index (χ1n) is 7.77. The smallest absolute Gasteiger partial charge is 0.272 e. The maximum atomic E-state index is 12.7. The summed E-state index contributed by atoms with van der Waals surface area (Å²) in [4.78, 5) is 23.0. The van der Waals surface area contributed by atoms with Gasteiger partial charge in [-0.25, -0.2) is 14.5 Å². The Kier molecular flexibility index (Phi) is 3.98. The molecule has 0 aliphatic carbocycles. The zero-order valence-electron chi connectivity index (χ0n) is 13.2. The fourth-order valence-electron chi connectivity index (χ4n) is 2.75. The van der Waals surface area contributed by atoms with E-state index in [2.05, 4.69) is 15.1 Å². The molecule has 1 saturated heterocycles. The molecule has 4 rings (SSSR count). The number of nitrogens with zero attached hydrogens (tertiary/aromatic N) is 5. The molecular formula is C16H15ClN6O2. The van der Waals surface area contributed by atoms with Crippen LogP contribution in [0.15, 0.2) is 30.6 Å². The number of nitrogens with two attached hydrogens (primary N) is 1. The van der Waals surface area contributed by atoms with E-state index in [1.54, 1.807) is 33.9 Å². The van der Waals surface area contributed by atoms with Crippen LogP contribution in [0.1, 0.15) is 10.5 Å². The van der Waals surface area contributed by atoms with Crippen LogP contribution >= 0.6 is 11.6 Å². The van der Waals surface area contributed by atoms with E-state index in [1.807, 2.05) is 0 Å². The molecule has 9 heteroatoms. The molecule has 25 heavy (non-hydrogen) atoms. The maximum Gasteiger partial charge on any atom is 0.272 e. The van der Waals surface area contributed by atoms with Crippen LogP contribution in [0.25, 0.3) is 16.9 Å². The van der Waals surface area contributed by atoms with Gasteiger partial charge in [0, 0.05) is 30.4 Å². The van der Waals surface area contributed by atoms with Gasteiger partial charge in [-0.2, -0.15) is 5.10 Å². The molecule has 1 amide bonds. The molecule has 0 bridgehead atoms. The highest BCUT2D eigenvalue weighted by atomic mass is 35.5. The average molecular weight is 359 g/mol. The van der Waals surface area contributed by atoms with Gasteiger partial charge in [0.2, 0.25) is 0 Å². The second-order valence-electron chi connectivity index (χ2n) is 5.64. The molecule has 128 valence electrons. The Hall–Kier alpha value is -2.71. The topological polar surface area (TPSA) is 98.6 Å². The van der Waals surface area contributed by atoms with Gasteiger partial charge in [-0.1, -0.05) is 11.6 Å². The number of carbonyl (C=O) groups excluding carboxylic acids is 1. The fraction of sp³-hybridized carbons (Fsp3) is 0.250. The molecule has 0 aromatic carbocycles. The Labute approximate surface area is 148 Å². The largest absolute Gasteiger partial charge is 0.384 e. The van der Waals surface area contributed by atoms with Gasteiger partial charge in [-0.15, -0.1) is 0 Å². The first-order valence-corrected chi connectivity index (χ1v) is 8.14. The van der Waals surface area contributed by atoms with E-state index in [1.165, 1.54) is 6.07 Å². The van der Waals surface area contributed by atoms with Gasteiger partial charge in [0.15, 0.2) is 5.82 Å². The second-order valence-corrected chi connectivity index (χ2v) is 6.08. The lowest BCUT2D eigenvalue weighted by molar-refractivity contribution is 0.0299. The summed E-state index contributed by atoms with van der Waals surface area (Å²) >= 11 is 6.07. The summed E-state index contributed by atoms with van der Waals surface area (Å²) in [7, 11) is 0. The lowest BCUT2D eigenvalue weighted by atomic mass is 10.2. The number of pyridine rings is 1. The summed E-state index contributed by atoms with van der Waals surface area (Å²) in [5.74, 6) is 0.380. The number of hydrogen-bond acceptors (Lipinski definition) is 6. The van der Waals surface area contributed by atoms with Crippen LogP contribution in [0.4, 0.5) is 5.82 Å². The first-order chi connectivity index (χ1) is 12.1. The summed E-state index contributed by atoms with van der Waals surface area (Å²) in [6, 6.07) is 4.98. The van der Waals surface area contributed by atoms with Crippen molar-refractivity contribution in [2.75, 3.05) is 32.0 Å². The number of ether oxygens (including phenoxy) is 1. The molecule has 2 N–H and O–H groups in total. The number of anilines is 1. The van der Waals surface area contributed by atoms with E-state index in [-0.39, 0.29) is 17.4 Å². The number of aromatic nitrogens is 4. The lowest BCUT2D eigenvalue weighted by Gasteiger charge is -2.26. The van der Waals surface area contributed by atoms with E-state index in [4.69, 9.17) is 22.1 Å². The summed E-state index contributed by atoms with van der Waals surface area (Å²) < 4.78 is 6.94. The third-order valence-corrected chi connectivity index (χ3v) is 4.22. The van der Waals surface area contributed by atoms with Crippen LogP contribution in [0, 0.1) is 0 Å². The standard InChI is InChI=1S/C16H15ClN6O2/c17-10-1-2-23-13(7-10)11(9-19-23)15-20-12(8-14(18)21-15)16(24)22-3-5-25-6-4-22/h1-2,7-9H,3-6H2,(H2,18,20,21). The molecular weight excluding hydrogens is 344 g/mol. The van der Waals surface area contributed by atoms with Crippen molar-refractivity contribution in [3.63, 3.8) is 0 Å². The minimum Gasteiger partial charge on any atom is -0.384 e. The molecule has 1 aliphatic rings. The highest BCUT2D eigenvalue weighted by Gasteiger charge is 2.22. The molecule has 0 radical (unpaired) electrons. The molecule has 3 aromatic heterocycles. The highest BCUT2D eigenvalue weighted by molar-refractivity contribution is 6.31. The molecule has 0 unspecified atom stereocenters. The number of halogens is 1. The van der Waals surface area contributed by atoms with Crippen molar-refractivity contribution in [2.45, 2.75) is 0 Å². The van der Waals surface area contributed by atoms with E-state index >= 15 is 0 Å². The predicted octanol–water partition coefficient (Wildman–Crippen LogP) is 1.50. The average Bonchev–Trinajstić information content (AvgIpc) is 3.04. The monoisotopic (exact) mass is 358 g/mol. The fourth-order valence-corrected chi connectivity index (χ4v) is 2.91. The van der Waals surface area contributed by atoms with Crippen molar-refractivity contribution >= 4 is 28.8 Å². The van der Waals surface area contributed by atoms with E-state index in [0.717, 1.165) is 5.52 Å². The van der Waals surface area contributed by atoms with Crippen molar-refractivity contribution < 1.29 is 9.53 Å². The van der Waals surface area contributed by atoms with Gasteiger partial charge < -0.3 is 15.4 Å². The number of hydrogen-bond donors (Lipinski definition) is 1. The summed E-state index contributed by atoms with van der Waals surface area (Å²) in [5, 5.41) is 4.83. The Morgan fingerprint density at radius 3 is 2.84 bits per heavy atom. The SMILES string of the molecule is Nc1cc(C(=O)N2CCOCC2)nc(-c2cnn3ccc(Cl)cc23)n1.